The maximum absolute atomic E-state index is 15.0. The van der Waals surface area contributed by atoms with E-state index in [4.69, 9.17) is 14.5 Å². The van der Waals surface area contributed by atoms with E-state index in [0.29, 0.717) is 36.4 Å². The number of pyridine rings is 1. The van der Waals surface area contributed by atoms with Crippen LogP contribution in [0.15, 0.2) is 47.5 Å². The van der Waals surface area contributed by atoms with Gasteiger partial charge in [-0.05, 0) is 56.5 Å². The largest absolute Gasteiger partial charge is 0.373 e. The fourth-order valence-corrected chi connectivity index (χ4v) is 5.10. The molecule has 0 N–H and O–H groups in total. The molecule has 1 aromatic carbocycles. The Kier molecular flexibility index (Phi) is 5.61. The van der Waals surface area contributed by atoms with Crippen molar-refractivity contribution in [3.8, 4) is 11.3 Å². The number of nitrogens with zero attached hydrogens (tertiary/aromatic N) is 4. The summed E-state index contributed by atoms with van der Waals surface area (Å²) in [6.07, 6.45) is 4.28. The first-order chi connectivity index (χ1) is 17.4. The molecule has 36 heavy (non-hydrogen) atoms. The van der Waals surface area contributed by atoms with Crippen LogP contribution in [0, 0.1) is 18.6 Å². The number of halogens is 2. The number of aromatic nitrogens is 4. The molecule has 1 unspecified atom stereocenters. The quantitative estimate of drug-likeness (QED) is 0.404. The van der Waals surface area contributed by atoms with E-state index in [-0.39, 0.29) is 47.2 Å². The molecular weight excluding hydrogens is 466 g/mol. The highest BCUT2D eigenvalue weighted by Gasteiger charge is 2.30. The molecule has 0 spiro atoms. The summed E-state index contributed by atoms with van der Waals surface area (Å²) < 4.78 is 41.8. The van der Waals surface area contributed by atoms with Crippen LogP contribution < -0.4 is 5.56 Å². The molecule has 0 amide bonds. The standard InChI is InChI=1S/C27H24F2N4O3/c1-14-9-17(5-7-30-14)23-10-16(6-8-35-23)22-12-33-26(32-24-15(2)36-13-20(24)27(33)34)25(31-22)19-4-3-18(28)11-21(19)29/h3-5,7,9,11-12,15-16,23H,6,8,10,13H2,1-2H3/t15?,16-,23+/m1/s1. The van der Waals surface area contributed by atoms with Crippen molar-refractivity contribution >= 4 is 5.65 Å². The van der Waals surface area contributed by atoms with Gasteiger partial charge in [0.2, 0.25) is 0 Å². The normalized spacial score (nSPS) is 21.6. The minimum atomic E-state index is -0.766. The Bertz CT molecular complexity index is 1550. The van der Waals surface area contributed by atoms with Gasteiger partial charge in [0.25, 0.3) is 5.56 Å². The fraction of sp³-hybridized carbons (Fsp3) is 0.333. The molecule has 5 heterocycles. The molecule has 4 aromatic rings. The molecule has 184 valence electrons. The molecule has 6 rings (SSSR count). The van der Waals surface area contributed by atoms with Crippen LogP contribution in [0.2, 0.25) is 0 Å². The molecule has 2 aliphatic rings. The average Bonchev–Trinajstić information content (AvgIpc) is 3.25. The summed E-state index contributed by atoms with van der Waals surface area (Å²) in [4.78, 5) is 27.2. The van der Waals surface area contributed by atoms with E-state index in [0.717, 1.165) is 17.3 Å². The second-order valence-corrected chi connectivity index (χ2v) is 9.38. The second kappa shape index (κ2) is 8.83. The lowest BCUT2D eigenvalue weighted by Gasteiger charge is -2.30. The maximum atomic E-state index is 15.0. The topological polar surface area (TPSA) is 78.6 Å². The lowest BCUT2D eigenvalue weighted by molar-refractivity contribution is 0.00451. The molecular formula is C27H24F2N4O3. The van der Waals surface area contributed by atoms with E-state index in [1.54, 1.807) is 12.4 Å². The van der Waals surface area contributed by atoms with E-state index in [9.17, 15) is 13.6 Å². The zero-order valence-corrected chi connectivity index (χ0v) is 19.9. The Balaban J connectivity index is 1.52. The van der Waals surface area contributed by atoms with Gasteiger partial charge in [0.05, 0.1) is 35.8 Å². The number of aryl methyl sites for hydroxylation is 1. The summed E-state index contributed by atoms with van der Waals surface area (Å²) in [5, 5.41) is 0. The smallest absolute Gasteiger partial charge is 0.263 e. The van der Waals surface area contributed by atoms with Gasteiger partial charge in [-0.1, -0.05) is 0 Å². The molecule has 9 heteroatoms. The molecule has 0 bridgehead atoms. The minimum absolute atomic E-state index is 0.0424. The number of fused-ring (bicyclic) bond motifs is 2. The Morgan fingerprint density at radius 2 is 1.97 bits per heavy atom. The van der Waals surface area contributed by atoms with E-state index >= 15 is 0 Å². The first-order valence-corrected chi connectivity index (χ1v) is 12.0. The summed E-state index contributed by atoms with van der Waals surface area (Å²) >= 11 is 0. The zero-order valence-electron chi connectivity index (χ0n) is 19.9. The van der Waals surface area contributed by atoms with Crippen LogP contribution >= 0.6 is 0 Å². The van der Waals surface area contributed by atoms with Crippen molar-refractivity contribution in [2.45, 2.75) is 51.4 Å². The molecule has 0 radical (unpaired) electrons. The summed E-state index contributed by atoms with van der Waals surface area (Å²) in [7, 11) is 0. The highest BCUT2D eigenvalue weighted by atomic mass is 19.1. The average molecular weight is 491 g/mol. The molecule has 2 aliphatic heterocycles. The summed E-state index contributed by atoms with van der Waals surface area (Å²) in [5.41, 5.74) is 3.82. The maximum Gasteiger partial charge on any atom is 0.263 e. The molecule has 3 aromatic heterocycles. The number of ether oxygens (including phenoxy) is 2. The predicted octanol–water partition coefficient (Wildman–Crippen LogP) is 4.96. The van der Waals surface area contributed by atoms with E-state index in [1.807, 2.05) is 26.0 Å². The van der Waals surface area contributed by atoms with Crippen LogP contribution in [0.25, 0.3) is 16.9 Å². The van der Waals surface area contributed by atoms with Crippen molar-refractivity contribution in [2.24, 2.45) is 0 Å². The molecule has 3 atom stereocenters. The van der Waals surface area contributed by atoms with Gasteiger partial charge >= 0.3 is 0 Å². The van der Waals surface area contributed by atoms with E-state index in [1.165, 1.54) is 16.5 Å². The Morgan fingerprint density at radius 1 is 1.11 bits per heavy atom. The lowest BCUT2D eigenvalue weighted by Crippen LogP contribution is -2.24. The SMILES string of the molecule is Cc1cc([C@@H]2C[C@H](c3cn4c(=O)c5c(nc4c(-c4ccc(F)cc4F)n3)C(C)OC5)CCO2)ccn1. The van der Waals surface area contributed by atoms with Crippen molar-refractivity contribution in [2.75, 3.05) is 6.61 Å². The predicted molar refractivity (Wildman–Crippen MR) is 127 cm³/mol. The van der Waals surface area contributed by atoms with Gasteiger partial charge in [0, 0.05) is 42.2 Å². The first-order valence-electron chi connectivity index (χ1n) is 12.0. The van der Waals surface area contributed by atoms with Gasteiger partial charge in [0.1, 0.15) is 17.3 Å². The molecule has 0 saturated carbocycles. The summed E-state index contributed by atoms with van der Waals surface area (Å²) in [6, 6.07) is 7.26. The molecule has 1 saturated heterocycles. The molecule has 7 nitrogen and oxygen atoms in total. The highest BCUT2D eigenvalue weighted by Crippen LogP contribution is 2.38. The first kappa shape index (κ1) is 22.9. The molecule has 1 fully saturated rings. The lowest BCUT2D eigenvalue weighted by atomic mass is 9.89. The van der Waals surface area contributed by atoms with Crippen molar-refractivity contribution in [1.29, 1.82) is 0 Å². The van der Waals surface area contributed by atoms with Crippen LogP contribution in [0.5, 0.6) is 0 Å². The van der Waals surface area contributed by atoms with Crippen LogP contribution in [0.1, 0.15) is 66.1 Å². The van der Waals surface area contributed by atoms with E-state index < -0.39 is 11.6 Å². The Hall–Kier alpha value is -3.56. The van der Waals surface area contributed by atoms with E-state index in [2.05, 4.69) is 9.97 Å². The highest BCUT2D eigenvalue weighted by molar-refractivity contribution is 5.74. The van der Waals surface area contributed by atoms with Crippen molar-refractivity contribution in [3.05, 3.63) is 92.9 Å². The fourth-order valence-electron chi connectivity index (χ4n) is 5.10. The zero-order chi connectivity index (χ0) is 25.0. The van der Waals surface area contributed by atoms with Gasteiger partial charge in [-0.25, -0.2) is 18.7 Å². The van der Waals surface area contributed by atoms with Crippen LogP contribution in [-0.4, -0.2) is 26.0 Å². The van der Waals surface area contributed by atoms with Crippen molar-refractivity contribution in [1.82, 2.24) is 19.4 Å². The Labute approximate surface area is 205 Å². The minimum Gasteiger partial charge on any atom is -0.373 e. The Morgan fingerprint density at radius 3 is 2.78 bits per heavy atom. The van der Waals surface area contributed by atoms with Gasteiger partial charge < -0.3 is 9.47 Å². The van der Waals surface area contributed by atoms with Crippen molar-refractivity contribution < 1.29 is 18.3 Å². The summed E-state index contributed by atoms with van der Waals surface area (Å²) in [6.45, 7) is 4.43. The summed E-state index contributed by atoms with van der Waals surface area (Å²) in [5.74, 6) is -1.50. The number of benzene rings is 1. The number of rotatable bonds is 3. The third-order valence-corrected chi connectivity index (χ3v) is 7.00. The van der Waals surface area contributed by atoms with Crippen LogP contribution in [-0.2, 0) is 16.1 Å². The van der Waals surface area contributed by atoms with Crippen LogP contribution in [0.3, 0.4) is 0 Å². The third kappa shape index (κ3) is 3.88. The van der Waals surface area contributed by atoms with Crippen LogP contribution in [0.4, 0.5) is 8.78 Å². The number of hydrogen-bond acceptors (Lipinski definition) is 6. The van der Waals surface area contributed by atoms with Gasteiger partial charge in [0.15, 0.2) is 5.65 Å². The van der Waals surface area contributed by atoms with Gasteiger partial charge in [-0.15, -0.1) is 0 Å². The third-order valence-electron chi connectivity index (χ3n) is 7.00. The second-order valence-electron chi connectivity index (χ2n) is 9.38. The monoisotopic (exact) mass is 490 g/mol. The van der Waals surface area contributed by atoms with Gasteiger partial charge in [-0.3, -0.25) is 14.2 Å². The number of hydrogen-bond donors (Lipinski definition) is 0. The molecule has 0 aliphatic carbocycles. The van der Waals surface area contributed by atoms with Crippen molar-refractivity contribution in [3.63, 3.8) is 0 Å². The van der Waals surface area contributed by atoms with Gasteiger partial charge in [-0.2, -0.15) is 0 Å².